The minimum atomic E-state index is -1.61. The number of hydrogen-bond donors (Lipinski definition) is 7. The maximum Gasteiger partial charge on any atom is 0.305 e. The molecule has 1 aliphatic rings. The van der Waals surface area contributed by atoms with Crippen molar-refractivity contribution in [3.63, 3.8) is 0 Å². The Morgan fingerprint density at radius 1 is 0.978 bits per heavy atom. The molecule has 4 rings (SSSR count). The van der Waals surface area contributed by atoms with Crippen molar-refractivity contribution < 1.29 is 33.9 Å². The van der Waals surface area contributed by atoms with Crippen LogP contribution >= 0.6 is 0 Å². The first-order valence-corrected chi connectivity index (χ1v) is 14.5. The second-order valence-corrected chi connectivity index (χ2v) is 11.3. The van der Waals surface area contributed by atoms with Crippen molar-refractivity contribution >= 4 is 52.5 Å². The van der Waals surface area contributed by atoms with E-state index in [0.717, 1.165) is 22.0 Å². The third-order valence-corrected chi connectivity index (χ3v) is 7.29. The number of benzene rings is 2. The summed E-state index contributed by atoms with van der Waals surface area (Å²) in [6.45, 7) is 3.65. The van der Waals surface area contributed by atoms with E-state index >= 15 is 0 Å². The molecule has 3 unspecified atom stereocenters. The molecule has 0 radical (unpaired) electrons. The summed E-state index contributed by atoms with van der Waals surface area (Å²) < 4.78 is 0. The van der Waals surface area contributed by atoms with E-state index in [1.165, 1.54) is 6.08 Å². The molecule has 3 aromatic rings. The lowest BCUT2D eigenvalue weighted by Crippen LogP contribution is -2.58. The first kappa shape index (κ1) is 32.5. The SMILES string of the molecule is CC(C)CC(NC(=O)C1Cc2c[nH]c3cccc(c23)CC(=O)N1)C(=O)NC(CC(=O)O)C(=O)N/C(=C/c1ccccc1)C(N)=O. The van der Waals surface area contributed by atoms with E-state index in [2.05, 4.69) is 26.3 Å². The third kappa shape index (κ3) is 8.56. The predicted molar refractivity (Wildman–Crippen MR) is 165 cm³/mol. The van der Waals surface area contributed by atoms with Crippen molar-refractivity contribution in [3.05, 3.63) is 77.1 Å². The molecule has 0 bridgehead atoms. The molecule has 0 saturated heterocycles. The van der Waals surface area contributed by atoms with Crippen molar-refractivity contribution in [1.82, 2.24) is 26.3 Å². The van der Waals surface area contributed by atoms with Crippen LogP contribution in [0, 0.1) is 5.92 Å². The average molecular weight is 617 g/mol. The van der Waals surface area contributed by atoms with Gasteiger partial charge in [-0.2, -0.15) is 0 Å². The maximum atomic E-state index is 13.5. The van der Waals surface area contributed by atoms with Gasteiger partial charge in [-0.1, -0.05) is 56.3 Å². The maximum absolute atomic E-state index is 13.5. The van der Waals surface area contributed by atoms with Crippen LogP contribution in [0.25, 0.3) is 17.0 Å². The zero-order valence-corrected chi connectivity index (χ0v) is 24.9. The quantitative estimate of drug-likeness (QED) is 0.146. The summed E-state index contributed by atoms with van der Waals surface area (Å²) in [5.41, 5.74) is 8.19. The average Bonchev–Trinajstić information content (AvgIpc) is 3.38. The minimum Gasteiger partial charge on any atom is -0.481 e. The van der Waals surface area contributed by atoms with E-state index in [1.807, 2.05) is 32.0 Å². The highest BCUT2D eigenvalue weighted by molar-refractivity contribution is 6.03. The van der Waals surface area contributed by atoms with Gasteiger partial charge in [-0.3, -0.25) is 28.8 Å². The molecule has 3 atom stereocenters. The highest BCUT2D eigenvalue weighted by atomic mass is 16.4. The van der Waals surface area contributed by atoms with Crippen LogP contribution in [-0.4, -0.2) is 63.7 Å². The number of rotatable bonds is 12. The summed E-state index contributed by atoms with van der Waals surface area (Å²) >= 11 is 0. The Balaban J connectivity index is 1.51. The lowest BCUT2D eigenvalue weighted by Gasteiger charge is -2.26. The molecule has 1 aliphatic heterocycles. The number of aromatic amines is 1. The van der Waals surface area contributed by atoms with Gasteiger partial charge in [-0.05, 0) is 41.2 Å². The Hall–Kier alpha value is -5.46. The summed E-state index contributed by atoms with van der Waals surface area (Å²) in [5.74, 6) is -5.21. The van der Waals surface area contributed by atoms with Crippen LogP contribution in [0.15, 0.2) is 60.4 Å². The fourth-order valence-electron chi connectivity index (χ4n) is 5.23. The van der Waals surface area contributed by atoms with Gasteiger partial charge in [0.15, 0.2) is 0 Å². The normalized spacial score (nSPS) is 16.1. The Morgan fingerprint density at radius 3 is 2.38 bits per heavy atom. The zero-order chi connectivity index (χ0) is 32.7. The number of primary amides is 1. The van der Waals surface area contributed by atoms with Crippen LogP contribution in [0.5, 0.6) is 0 Å². The van der Waals surface area contributed by atoms with Gasteiger partial charge >= 0.3 is 5.97 Å². The molecular weight excluding hydrogens is 580 g/mol. The molecule has 2 aromatic carbocycles. The van der Waals surface area contributed by atoms with Crippen LogP contribution in [0.1, 0.15) is 43.4 Å². The van der Waals surface area contributed by atoms with Gasteiger partial charge in [0, 0.05) is 23.5 Å². The number of H-pyrrole nitrogens is 1. The highest BCUT2D eigenvalue weighted by Gasteiger charge is 2.33. The van der Waals surface area contributed by atoms with Gasteiger partial charge in [0.05, 0.1) is 12.8 Å². The summed E-state index contributed by atoms with van der Waals surface area (Å²) in [6, 6.07) is 10.3. The number of carboxylic acid groups (broad SMARTS) is 1. The standard InChI is InChI=1S/C32H36N6O7/c1-17(2)11-23(37-31(44)24-13-20-16-34-21-10-6-9-19(28(20)21)14-26(39)35-24)30(43)38-25(15-27(40)41)32(45)36-22(29(33)42)12-18-7-4-3-5-8-18/h3-10,12,16-17,23-25,34H,11,13-15H2,1-2H3,(H2,33,42)(H,35,39)(H,36,45)(H,37,44)(H,38,43)(H,40,41)/b22-12+. The van der Waals surface area contributed by atoms with Gasteiger partial charge in [0.25, 0.3) is 5.91 Å². The molecule has 13 nitrogen and oxygen atoms in total. The van der Waals surface area contributed by atoms with Crippen molar-refractivity contribution in [3.8, 4) is 0 Å². The van der Waals surface area contributed by atoms with Crippen LogP contribution in [0.2, 0.25) is 0 Å². The highest BCUT2D eigenvalue weighted by Crippen LogP contribution is 2.26. The Bertz CT molecular complexity index is 1650. The number of amides is 5. The second kappa shape index (κ2) is 14.3. The van der Waals surface area contributed by atoms with Crippen molar-refractivity contribution in [1.29, 1.82) is 0 Å². The molecule has 236 valence electrons. The number of carboxylic acids is 1. The largest absolute Gasteiger partial charge is 0.481 e. The predicted octanol–water partition coefficient (Wildman–Crippen LogP) is 0.884. The van der Waals surface area contributed by atoms with E-state index in [1.54, 1.807) is 36.5 Å². The number of aromatic nitrogens is 1. The van der Waals surface area contributed by atoms with E-state index in [0.29, 0.717) is 5.56 Å². The number of nitrogens with two attached hydrogens (primary N) is 1. The van der Waals surface area contributed by atoms with Gasteiger partial charge < -0.3 is 37.1 Å². The number of nitrogens with one attached hydrogen (secondary N) is 5. The Labute approximate surface area is 259 Å². The molecule has 8 N–H and O–H groups in total. The van der Waals surface area contributed by atoms with E-state index in [-0.39, 0.29) is 36.8 Å². The van der Waals surface area contributed by atoms with Gasteiger partial charge in [0.2, 0.25) is 23.6 Å². The number of carbonyl (C=O) groups excluding carboxylic acids is 5. The summed E-state index contributed by atoms with van der Waals surface area (Å²) in [4.78, 5) is 79.7. The smallest absolute Gasteiger partial charge is 0.305 e. The zero-order valence-electron chi connectivity index (χ0n) is 24.9. The summed E-state index contributed by atoms with van der Waals surface area (Å²) in [7, 11) is 0. The van der Waals surface area contributed by atoms with Crippen molar-refractivity contribution in [2.75, 3.05) is 0 Å². The Kier molecular flexibility index (Phi) is 10.3. The molecule has 1 aromatic heterocycles. The minimum absolute atomic E-state index is 0.0693. The fraction of sp³-hybridized carbons (Fsp3) is 0.312. The first-order chi connectivity index (χ1) is 21.4. The number of aliphatic carboxylic acids is 1. The lowest BCUT2D eigenvalue weighted by molar-refractivity contribution is -0.141. The number of hydrogen-bond acceptors (Lipinski definition) is 6. The second-order valence-electron chi connectivity index (χ2n) is 11.3. The monoisotopic (exact) mass is 616 g/mol. The molecule has 0 saturated carbocycles. The van der Waals surface area contributed by atoms with Crippen molar-refractivity contribution in [2.24, 2.45) is 11.7 Å². The molecular formula is C32H36N6O7. The fourth-order valence-corrected chi connectivity index (χ4v) is 5.23. The van der Waals surface area contributed by atoms with Gasteiger partial charge in [-0.15, -0.1) is 0 Å². The molecule has 0 spiro atoms. The summed E-state index contributed by atoms with van der Waals surface area (Å²) in [5, 5.41) is 20.5. The molecule has 2 heterocycles. The topological polar surface area (TPSA) is 213 Å². The van der Waals surface area contributed by atoms with Crippen LogP contribution in [0.3, 0.4) is 0 Å². The van der Waals surface area contributed by atoms with Crippen LogP contribution < -0.4 is 27.0 Å². The first-order valence-electron chi connectivity index (χ1n) is 14.5. The summed E-state index contributed by atoms with van der Waals surface area (Å²) in [6.07, 6.45) is 2.68. The molecule has 0 aliphatic carbocycles. The van der Waals surface area contributed by atoms with Gasteiger partial charge in [0.1, 0.15) is 23.8 Å². The molecule has 13 heteroatoms. The van der Waals surface area contributed by atoms with E-state index in [9.17, 15) is 33.9 Å². The Morgan fingerprint density at radius 2 is 1.71 bits per heavy atom. The van der Waals surface area contributed by atoms with E-state index in [4.69, 9.17) is 5.73 Å². The van der Waals surface area contributed by atoms with Crippen molar-refractivity contribution in [2.45, 2.75) is 57.7 Å². The van der Waals surface area contributed by atoms with Crippen LogP contribution in [0.4, 0.5) is 0 Å². The third-order valence-electron chi connectivity index (χ3n) is 7.29. The molecule has 0 fully saturated rings. The van der Waals surface area contributed by atoms with E-state index < -0.39 is 54.1 Å². The molecule has 45 heavy (non-hydrogen) atoms. The van der Waals surface area contributed by atoms with Crippen LogP contribution in [-0.2, 0) is 41.6 Å². The van der Waals surface area contributed by atoms with Gasteiger partial charge in [-0.25, -0.2) is 0 Å². The number of carbonyl (C=O) groups is 6. The molecule has 5 amide bonds. The lowest BCUT2D eigenvalue weighted by atomic mass is 9.95.